The SMILES string of the molecule is CCC(C)[C@@H](c1cc(Br)cs1)N1CCNCC1. The Labute approximate surface area is 117 Å². The Hall–Kier alpha value is 0.1000. The van der Waals surface area contributed by atoms with Gasteiger partial charge in [0.2, 0.25) is 0 Å². The number of thiophene rings is 1. The molecule has 2 atom stereocenters. The molecular formula is C13H21BrN2S. The molecule has 1 aromatic rings. The third-order valence-electron chi connectivity index (χ3n) is 3.61. The molecule has 0 saturated carbocycles. The lowest BCUT2D eigenvalue weighted by molar-refractivity contribution is 0.131. The van der Waals surface area contributed by atoms with Crippen molar-refractivity contribution in [3.8, 4) is 0 Å². The third-order valence-corrected chi connectivity index (χ3v) is 5.37. The average Bonchev–Trinajstić information content (AvgIpc) is 2.77. The molecule has 1 aliphatic heterocycles. The zero-order valence-electron chi connectivity index (χ0n) is 10.6. The van der Waals surface area contributed by atoms with Crippen molar-refractivity contribution in [1.82, 2.24) is 10.2 Å². The summed E-state index contributed by atoms with van der Waals surface area (Å²) in [5, 5.41) is 5.64. The predicted octanol–water partition coefficient (Wildman–Crippen LogP) is 3.50. The van der Waals surface area contributed by atoms with Crippen LogP contribution in [0.15, 0.2) is 15.9 Å². The predicted molar refractivity (Wildman–Crippen MR) is 78.7 cm³/mol. The quantitative estimate of drug-likeness (QED) is 0.914. The second-order valence-corrected chi connectivity index (χ2v) is 6.64. The molecule has 2 rings (SSSR count). The number of nitrogens with zero attached hydrogens (tertiary/aromatic N) is 1. The van der Waals surface area contributed by atoms with E-state index in [0.29, 0.717) is 6.04 Å². The zero-order chi connectivity index (χ0) is 12.3. The van der Waals surface area contributed by atoms with Crippen molar-refractivity contribution in [3.63, 3.8) is 0 Å². The van der Waals surface area contributed by atoms with Crippen molar-refractivity contribution in [3.05, 3.63) is 20.8 Å². The summed E-state index contributed by atoms with van der Waals surface area (Å²) >= 11 is 5.46. The number of piperazine rings is 1. The number of rotatable bonds is 4. The number of halogens is 1. The van der Waals surface area contributed by atoms with Gasteiger partial charge in [0.15, 0.2) is 0 Å². The molecule has 0 spiro atoms. The smallest absolute Gasteiger partial charge is 0.0468 e. The van der Waals surface area contributed by atoms with E-state index in [1.165, 1.54) is 28.9 Å². The van der Waals surface area contributed by atoms with Crippen molar-refractivity contribution in [2.75, 3.05) is 26.2 Å². The van der Waals surface area contributed by atoms with E-state index in [2.05, 4.69) is 51.4 Å². The molecule has 96 valence electrons. The van der Waals surface area contributed by atoms with E-state index < -0.39 is 0 Å². The molecule has 1 N–H and O–H groups in total. The number of nitrogens with one attached hydrogen (secondary N) is 1. The fourth-order valence-corrected chi connectivity index (χ4v) is 4.20. The summed E-state index contributed by atoms with van der Waals surface area (Å²) in [6.07, 6.45) is 1.24. The van der Waals surface area contributed by atoms with Gasteiger partial charge in [-0.2, -0.15) is 0 Å². The first-order chi connectivity index (χ1) is 8.22. The van der Waals surface area contributed by atoms with E-state index in [4.69, 9.17) is 0 Å². The summed E-state index contributed by atoms with van der Waals surface area (Å²) in [7, 11) is 0. The average molecular weight is 317 g/mol. The maximum atomic E-state index is 3.58. The molecule has 1 aliphatic rings. The maximum absolute atomic E-state index is 3.58. The lowest BCUT2D eigenvalue weighted by Gasteiger charge is -2.37. The minimum atomic E-state index is 0.596. The Morgan fingerprint density at radius 1 is 1.47 bits per heavy atom. The topological polar surface area (TPSA) is 15.3 Å². The van der Waals surface area contributed by atoms with Gasteiger partial charge in [-0.1, -0.05) is 20.3 Å². The Morgan fingerprint density at radius 2 is 2.18 bits per heavy atom. The van der Waals surface area contributed by atoms with Crippen molar-refractivity contribution in [2.45, 2.75) is 26.3 Å². The molecule has 4 heteroatoms. The second-order valence-electron chi connectivity index (χ2n) is 4.78. The van der Waals surface area contributed by atoms with Gasteiger partial charge in [0.05, 0.1) is 0 Å². The fourth-order valence-electron chi connectivity index (χ4n) is 2.49. The molecule has 1 saturated heterocycles. The van der Waals surface area contributed by atoms with Gasteiger partial charge in [0, 0.05) is 47.0 Å². The van der Waals surface area contributed by atoms with Gasteiger partial charge in [-0.05, 0) is 27.9 Å². The summed E-state index contributed by atoms with van der Waals surface area (Å²) in [5.41, 5.74) is 0. The maximum Gasteiger partial charge on any atom is 0.0468 e. The molecule has 0 radical (unpaired) electrons. The summed E-state index contributed by atoms with van der Waals surface area (Å²) in [6.45, 7) is 9.26. The third kappa shape index (κ3) is 3.31. The van der Waals surface area contributed by atoms with Gasteiger partial charge >= 0.3 is 0 Å². The van der Waals surface area contributed by atoms with Gasteiger partial charge in [-0.15, -0.1) is 11.3 Å². The molecule has 0 aliphatic carbocycles. The monoisotopic (exact) mass is 316 g/mol. The molecule has 1 aromatic heterocycles. The van der Waals surface area contributed by atoms with Crippen LogP contribution in [0.4, 0.5) is 0 Å². The van der Waals surface area contributed by atoms with Crippen LogP contribution in [-0.2, 0) is 0 Å². The Bertz CT molecular complexity index is 347. The highest BCUT2D eigenvalue weighted by molar-refractivity contribution is 9.10. The van der Waals surface area contributed by atoms with Gasteiger partial charge < -0.3 is 5.32 Å². The summed E-state index contributed by atoms with van der Waals surface area (Å²) in [4.78, 5) is 4.15. The first kappa shape index (κ1) is 13.5. The Balaban J connectivity index is 2.17. The van der Waals surface area contributed by atoms with E-state index >= 15 is 0 Å². The molecule has 0 bridgehead atoms. The van der Waals surface area contributed by atoms with Gasteiger partial charge in [0.25, 0.3) is 0 Å². The molecule has 1 unspecified atom stereocenters. The number of hydrogen-bond acceptors (Lipinski definition) is 3. The molecule has 17 heavy (non-hydrogen) atoms. The van der Waals surface area contributed by atoms with Crippen LogP contribution in [0.2, 0.25) is 0 Å². The highest BCUT2D eigenvalue weighted by Crippen LogP contribution is 2.36. The van der Waals surface area contributed by atoms with E-state index in [1.54, 1.807) is 0 Å². The van der Waals surface area contributed by atoms with Crippen LogP contribution in [0.5, 0.6) is 0 Å². The van der Waals surface area contributed by atoms with Crippen molar-refractivity contribution in [1.29, 1.82) is 0 Å². The normalized spacial score (nSPS) is 21.4. The summed E-state index contributed by atoms with van der Waals surface area (Å²) < 4.78 is 1.22. The fraction of sp³-hybridized carbons (Fsp3) is 0.692. The van der Waals surface area contributed by atoms with E-state index in [9.17, 15) is 0 Å². The molecular weight excluding hydrogens is 296 g/mol. The lowest BCUT2D eigenvalue weighted by Crippen LogP contribution is -2.46. The van der Waals surface area contributed by atoms with Crippen molar-refractivity contribution < 1.29 is 0 Å². The minimum Gasteiger partial charge on any atom is -0.314 e. The summed E-state index contributed by atoms with van der Waals surface area (Å²) in [6, 6.07) is 2.89. The van der Waals surface area contributed by atoms with E-state index in [1.807, 2.05) is 11.3 Å². The number of hydrogen-bond donors (Lipinski definition) is 1. The van der Waals surface area contributed by atoms with Gasteiger partial charge in [-0.25, -0.2) is 0 Å². The summed E-state index contributed by atoms with van der Waals surface area (Å²) in [5.74, 6) is 0.721. The highest BCUT2D eigenvalue weighted by atomic mass is 79.9. The van der Waals surface area contributed by atoms with Crippen LogP contribution in [0.25, 0.3) is 0 Å². The standard InChI is InChI=1S/C13H21BrN2S/c1-3-10(2)13(12-8-11(14)9-17-12)16-6-4-15-5-7-16/h8-10,13,15H,3-7H2,1-2H3/t10?,13-/m0/s1. The minimum absolute atomic E-state index is 0.596. The second kappa shape index (κ2) is 6.32. The van der Waals surface area contributed by atoms with Crippen LogP contribution in [0.1, 0.15) is 31.2 Å². The molecule has 0 amide bonds. The van der Waals surface area contributed by atoms with Crippen LogP contribution in [0, 0.1) is 5.92 Å². The Kier molecular flexibility index (Phi) is 5.03. The van der Waals surface area contributed by atoms with E-state index in [-0.39, 0.29) is 0 Å². The van der Waals surface area contributed by atoms with Crippen LogP contribution < -0.4 is 5.32 Å². The first-order valence-corrected chi connectivity index (χ1v) is 8.08. The molecule has 2 nitrogen and oxygen atoms in total. The first-order valence-electron chi connectivity index (χ1n) is 6.41. The largest absolute Gasteiger partial charge is 0.314 e. The molecule has 2 heterocycles. The molecule has 0 aromatic carbocycles. The van der Waals surface area contributed by atoms with Crippen molar-refractivity contribution >= 4 is 27.3 Å². The van der Waals surface area contributed by atoms with Crippen LogP contribution in [-0.4, -0.2) is 31.1 Å². The van der Waals surface area contributed by atoms with Crippen LogP contribution >= 0.6 is 27.3 Å². The van der Waals surface area contributed by atoms with Gasteiger partial charge in [-0.3, -0.25) is 4.90 Å². The molecule has 1 fully saturated rings. The van der Waals surface area contributed by atoms with Crippen molar-refractivity contribution in [2.24, 2.45) is 5.92 Å². The Morgan fingerprint density at radius 3 is 2.71 bits per heavy atom. The van der Waals surface area contributed by atoms with Crippen LogP contribution in [0.3, 0.4) is 0 Å². The zero-order valence-corrected chi connectivity index (χ0v) is 13.0. The van der Waals surface area contributed by atoms with E-state index in [0.717, 1.165) is 19.0 Å². The lowest BCUT2D eigenvalue weighted by atomic mass is 9.95. The van der Waals surface area contributed by atoms with Gasteiger partial charge in [0.1, 0.15) is 0 Å². The highest BCUT2D eigenvalue weighted by Gasteiger charge is 2.27.